The van der Waals surface area contributed by atoms with Gasteiger partial charge < -0.3 is 4.74 Å². The molecule has 2 rings (SSSR count). The van der Waals surface area contributed by atoms with E-state index in [1.807, 2.05) is 12.1 Å². The molecule has 0 radical (unpaired) electrons. The standard InChI is InChI=1S/C9H9ClO/c10-6-8-3-1-2-7-4-5-11-9(7)8/h1-3H,4-6H2. The van der Waals surface area contributed by atoms with E-state index >= 15 is 0 Å². The normalized spacial score (nSPS) is 14.3. The average molecular weight is 169 g/mol. The van der Waals surface area contributed by atoms with Gasteiger partial charge in [0.25, 0.3) is 0 Å². The molecule has 1 aliphatic rings. The quantitative estimate of drug-likeness (QED) is 0.585. The van der Waals surface area contributed by atoms with Gasteiger partial charge in [-0.05, 0) is 5.56 Å². The van der Waals surface area contributed by atoms with Crippen LogP contribution in [0.2, 0.25) is 0 Å². The number of benzene rings is 1. The predicted molar refractivity (Wildman–Crippen MR) is 45.2 cm³/mol. The van der Waals surface area contributed by atoms with Crippen LogP contribution < -0.4 is 4.74 Å². The van der Waals surface area contributed by atoms with Gasteiger partial charge in [0.15, 0.2) is 0 Å². The van der Waals surface area contributed by atoms with Crippen molar-refractivity contribution in [3.63, 3.8) is 0 Å². The van der Waals surface area contributed by atoms with Crippen molar-refractivity contribution >= 4 is 11.6 Å². The number of alkyl halides is 1. The molecule has 0 saturated carbocycles. The van der Waals surface area contributed by atoms with Crippen LogP contribution in [-0.4, -0.2) is 6.61 Å². The number of fused-ring (bicyclic) bond motifs is 1. The number of halogens is 1. The SMILES string of the molecule is ClCc1cccc2c1OCC2. The predicted octanol–water partition coefficient (Wildman–Crippen LogP) is 2.36. The molecule has 0 fully saturated rings. The summed E-state index contributed by atoms with van der Waals surface area (Å²) >= 11 is 5.73. The maximum atomic E-state index is 5.73. The molecule has 2 heteroatoms. The molecule has 0 N–H and O–H groups in total. The second-order valence-corrected chi connectivity index (χ2v) is 2.90. The largest absolute Gasteiger partial charge is 0.493 e. The van der Waals surface area contributed by atoms with Crippen molar-refractivity contribution in [2.24, 2.45) is 0 Å². The zero-order valence-electron chi connectivity index (χ0n) is 6.14. The lowest BCUT2D eigenvalue weighted by atomic mass is 10.1. The fourth-order valence-electron chi connectivity index (χ4n) is 1.39. The van der Waals surface area contributed by atoms with E-state index in [1.165, 1.54) is 5.56 Å². The summed E-state index contributed by atoms with van der Waals surface area (Å²) in [5.74, 6) is 1.56. The van der Waals surface area contributed by atoms with E-state index in [1.54, 1.807) is 0 Å². The summed E-state index contributed by atoms with van der Waals surface area (Å²) in [5.41, 5.74) is 2.41. The highest BCUT2D eigenvalue weighted by atomic mass is 35.5. The maximum absolute atomic E-state index is 5.73. The monoisotopic (exact) mass is 168 g/mol. The Bertz CT molecular complexity index is 270. The minimum atomic E-state index is 0.545. The van der Waals surface area contributed by atoms with Crippen LogP contribution in [0, 0.1) is 0 Å². The fourth-order valence-corrected chi connectivity index (χ4v) is 1.60. The molecule has 0 bridgehead atoms. The molecule has 0 unspecified atom stereocenters. The third kappa shape index (κ3) is 1.10. The molecule has 0 aliphatic carbocycles. The highest BCUT2D eigenvalue weighted by Crippen LogP contribution is 2.29. The summed E-state index contributed by atoms with van der Waals surface area (Å²) in [6.45, 7) is 0.809. The van der Waals surface area contributed by atoms with E-state index in [9.17, 15) is 0 Å². The second-order valence-electron chi connectivity index (χ2n) is 2.64. The van der Waals surface area contributed by atoms with Crippen LogP contribution in [0.5, 0.6) is 5.75 Å². The Morgan fingerprint density at radius 3 is 3.18 bits per heavy atom. The van der Waals surface area contributed by atoms with Crippen molar-refractivity contribution in [1.29, 1.82) is 0 Å². The summed E-state index contributed by atoms with van der Waals surface area (Å²) < 4.78 is 5.44. The highest BCUT2D eigenvalue weighted by Gasteiger charge is 2.14. The first kappa shape index (κ1) is 6.99. The van der Waals surface area contributed by atoms with E-state index in [4.69, 9.17) is 16.3 Å². The molecule has 0 saturated heterocycles. The maximum Gasteiger partial charge on any atom is 0.127 e. The van der Waals surface area contributed by atoms with Crippen LogP contribution in [0.4, 0.5) is 0 Å². The molecule has 58 valence electrons. The first-order chi connectivity index (χ1) is 5.42. The van der Waals surface area contributed by atoms with E-state index in [0.717, 1.165) is 24.3 Å². The minimum Gasteiger partial charge on any atom is -0.493 e. The van der Waals surface area contributed by atoms with E-state index < -0.39 is 0 Å². The smallest absolute Gasteiger partial charge is 0.127 e. The fraction of sp³-hybridized carbons (Fsp3) is 0.333. The second kappa shape index (κ2) is 2.74. The molecule has 0 spiro atoms. The molecule has 11 heavy (non-hydrogen) atoms. The van der Waals surface area contributed by atoms with E-state index in [2.05, 4.69) is 6.07 Å². The van der Waals surface area contributed by atoms with Gasteiger partial charge in [0.05, 0.1) is 12.5 Å². The zero-order chi connectivity index (χ0) is 7.68. The van der Waals surface area contributed by atoms with Gasteiger partial charge in [0.1, 0.15) is 5.75 Å². The number of hydrogen-bond acceptors (Lipinski definition) is 1. The van der Waals surface area contributed by atoms with Gasteiger partial charge in [-0.2, -0.15) is 0 Å². The summed E-state index contributed by atoms with van der Waals surface area (Å²) in [7, 11) is 0. The third-order valence-corrected chi connectivity index (χ3v) is 2.23. The zero-order valence-corrected chi connectivity index (χ0v) is 6.90. The molecule has 1 aliphatic heterocycles. The van der Waals surface area contributed by atoms with Gasteiger partial charge in [-0.25, -0.2) is 0 Å². The van der Waals surface area contributed by atoms with Gasteiger partial charge in [-0.3, -0.25) is 0 Å². The highest BCUT2D eigenvalue weighted by molar-refractivity contribution is 6.17. The van der Waals surface area contributed by atoms with Crippen molar-refractivity contribution < 1.29 is 4.74 Å². The van der Waals surface area contributed by atoms with Crippen LogP contribution in [-0.2, 0) is 12.3 Å². The summed E-state index contributed by atoms with van der Waals surface area (Å²) in [5, 5.41) is 0. The van der Waals surface area contributed by atoms with Gasteiger partial charge in [-0.15, -0.1) is 11.6 Å². The van der Waals surface area contributed by atoms with Gasteiger partial charge >= 0.3 is 0 Å². The summed E-state index contributed by atoms with van der Waals surface area (Å²) in [4.78, 5) is 0. The Balaban J connectivity index is 2.50. The van der Waals surface area contributed by atoms with Crippen LogP contribution in [0.15, 0.2) is 18.2 Å². The van der Waals surface area contributed by atoms with Gasteiger partial charge in [0, 0.05) is 12.0 Å². The first-order valence-electron chi connectivity index (χ1n) is 3.71. The molecule has 0 atom stereocenters. The Morgan fingerprint density at radius 1 is 1.45 bits per heavy atom. The number of para-hydroxylation sites is 1. The van der Waals surface area contributed by atoms with Crippen molar-refractivity contribution in [3.8, 4) is 5.75 Å². The Morgan fingerprint density at radius 2 is 2.36 bits per heavy atom. The minimum absolute atomic E-state index is 0.545. The molecular formula is C9H9ClO. The van der Waals surface area contributed by atoms with E-state index in [-0.39, 0.29) is 0 Å². The topological polar surface area (TPSA) is 9.23 Å². The molecular weight excluding hydrogens is 160 g/mol. The average Bonchev–Trinajstić information content (AvgIpc) is 2.50. The van der Waals surface area contributed by atoms with Gasteiger partial charge in [-0.1, -0.05) is 18.2 Å². The number of ether oxygens (including phenoxy) is 1. The molecule has 0 amide bonds. The van der Waals surface area contributed by atoms with Crippen LogP contribution in [0.3, 0.4) is 0 Å². The summed E-state index contributed by atoms with van der Waals surface area (Å²) in [6, 6.07) is 6.14. The van der Waals surface area contributed by atoms with Crippen LogP contribution in [0.25, 0.3) is 0 Å². The van der Waals surface area contributed by atoms with Crippen molar-refractivity contribution in [1.82, 2.24) is 0 Å². The molecule has 0 aromatic heterocycles. The van der Waals surface area contributed by atoms with E-state index in [0.29, 0.717) is 5.88 Å². The Kier molecular flexibility index (Phi) is 1.74. The lowest BCUT2D eigenvalue weighted by Gasteiger charge is -2.02. The number of hydrogen-bond donors (Lipinski definition) is 0. The summed E-state index contributed by atoms with van der Waals surface area (Å²) in [6.07, 6.45) is 1.03. The number of rotatable bonds is 1. The Hall–Kier alpha value is -0.690. The lowest BCUT2D eigenvalue weighted by molar-refractivity contribution is 0.354. The van der Waals surface area contributed by atoms with Crippen molar-refractivity contribution in [2.45, 2.75) is 12.3 Å². The Labute approximate surface area is 70.9 Å². The molecule has 1 heterocycles. The van der Waals surface area contributed by atoms with Crippen molar-refractivity contribution in [3.05, 3.63) is 29.3 Å². The van der Waals surface area contributed by atoms with Gasteiger partial charge in [0.2, 0.25) is 0 Å². The molecule has 1 aromatic rings. The van der Waals surface area contributed by atoms with Crippen molar-refractivity contribution in [2.75, 3.05) is 6.61 Å². The van der Waals surface area contributed by atoms with Crippen LogP contribution >= 0.6 is 11.6 Å². The first-order valence-corrected chi connectivity index (χ1v) is 4.25. The molecule has 1 nitrogen and oxygen atoms in total. The molecule has 1 aromatic carbocycles. The lowest BCUT2D eigenvalue weighted by Crippen LogP contribution is -1.89. The van der Waals surface area contributed by atoms with Crippen LogP contribution in [0.1, 0.15) is 11.1 Å². The third-order valence-electron chi connectivity index (χ3n) is 1.94.